The molecule has 2 aliphatic rings. The molecule has 0 aromatic carbocycles. The SMILES string of the molecule is C=C(/C(=C\N=C(C)N)c1nc(N2CCOC(C)(C)C2)nc(N2CCOC(C)(C)C2)n1)C(F)F. The fourth-order valence-corrected chi connectivity index (χ4v) is 3.70. The van der Waals surface area contributed by atoms with Crippen molar-refractivity contribution in [3.05, 3.63) is 24.2 Å². The Labute approximate surface area is 193 Å². The van der Waals surface area contributed by atoms with Crippen LogP contribution in [0.2, 0.25) is 0 Å². The maximum Gasteiger partial charge on any atom is 0.264 e. The topological polar surface area (TPSA) is 102 Å². The van der Waals surface area contributed by atoms with E-state index in [2.05, 4.69) is 21.5 Å². The van der Waals surface area contributed by atoms with Crippen molar-refractivity contribution in [2.24, 2.45) is 10.7 Å². The second kappa shape index (κ2) is 9.68. The molecule has 2 N–H and O–H groups in total. The molecule has 3 heterocycles. The van der Waals surface area contributed by atoms with Crippen molar-refractivity contribution in [1.82, 2.24) is 15.0 Å². The lowest BCUT2D eigenvalue weighted by Gasteiger charge is -2.40. The number of rotatable bonds is 6. The lowest BCUT2D eigenvalue weighted by molar-refractivity contribution is -0.0285. The van der Waals surface area contributed by atoms with Gasteiger partial charge in [0.25, 0.3) is 6.43 Å². The van der Waals surface area contributed by atoms with Crippen LogP contribution in [0.25, 0.3) is 5.57 Å². The average molecular weight is 466 g/mol. The molecule has 33 heavy (non-hydrogen) atoms. The number of ether oxygens (including phenoxy) is 2. The van der Waals surface area contributed by atoms with Crippen molar-refractivity contribution < 1.29 is 18.3 Å². The third kappa shape index (κ3) is 6.44. The number of nitrogens with two attached hydrogens (primary N) is 1. The number of hydrogen-bond donors (Lipinski definition) is 1. The highest BCUT2D eigenvalue weighted by Crippen LogP contribution is 2.29. The number of aromatic nitrogens is 3. The minimum Gasteiger partial charge on any atom is -0.387 e. The van der Waals surface area contributed by atoms with Gasteiger partial charge in [-0.25, -0.2) is 13.8 Å². The van der Waals surface area contributed by atoms with Gasteiger partial charge in [0.15, 0.2) is 5.82 Å². The predicted octanol–water partition coefficient (Wildman–Crippen LogP) is 2.64. The molecule has 1 aromatic rings. The molecule has 2 saturated heterocycles. The summed E-state index contributed by atoms with van der Waals surface area (Å²) in [7, 11) is 0. The van der Waals surface area contributed by atoms with Crippen LogP contribution in [0.1, 0.15) is 40.4 Å². The van der Waals surface area contributed by atoms with E-state index in [-0.39, 0.29) is 17.2 Å². The zero-order valence-corrected chi connectivity index (χ0v) is 19.9. The van der Waals surface area contributed by atoms with Crippen molar-refractivity contribution in [3.8, 4) is 0 Å². The number of nitrogens with zero attached hydrogens (tertiary/aromatic N) is 6. The van der Waals surface area contributed by atoms with E-state index in [4.69, 9.17) is 20.2 Å². The Balaban J connectivity index is 2.12. The molecule has 1 aromatic heterocycles. The number of alkyl halides is 2. The van der Waals surface area contributed by atoms with Gasteiger partial charge in [-0.1, -0.05) is 6.58 Å². The summed E-state index contributed by atoms with van der Waals surface area (Å²) in [6.07, 6.45) is -1.57. The molecule has 2 fully saturated rings. The zero-order chi connectivity index (χ0) is 24.4. The summed E-state index contributed by atoms with van der Waals surface area (Å²) in [5, 5.41) is 0. The van der Waals surface area contributed by atoms with Gasteiger partial charge < -0.3 is 25.0 Å². The fourth-order valence-electron chi connectivity index (χ4n) is 3.70. The van der Waals surface area contributed by atoms with Gasteiger partial charge in [-0.15, -0.1) is 0 Å². The molecular weight excluding hydrogens is 432 g/mol. The van der Waals surface area contributed by atoms with Crippen molar-refractivity contribution >= 4 is 23.3 Å². The zero-order valence-electron chi connectivity index (χ0n) is 19.9. The Hall–Kier alpha value is -2.66. The number of morpholine rings is 2. The van der Waals surface area contributed by atoms with E-state index in [0.717, 1.165) is 0 Å². The number of hydrogen-bond acceptors (Lipinski definition) is 8. The van der Waals surface area contributed by atoms with Gasteiger partial charge in [-0.3, -0.25) is 0 Å². The quantitative estimate of drug-likeness (QED) is 0.389. The molecule has 0 amide bonds. The van der Waals surface area contributed by atoms with Crippen LogP contribution >= 0.6 is 0 Å². The molecule has 0 bridgehead atoms. The Morgan fingerprint density at radius 1 is 1.03 bits per heavy atom. The summed E-state index contributed by atoms with van der Waals surface area (Å²) in [6, 6.07) is 0. The van der Waals surface area contributed by atoms with Gasteiger partial charge in [0, 0.05) is 43.5 Å². The van der Waals surface area contributed by atoms with E-state index in [1.54, 1.807) is 6.92 Å². The highest BCUT2D eigenvalue weighted by Gasteiger charge is 2.33. The Kier molecular flexibility index (Phi) is 7.32. The van der Waals surface area contributed by atoms with E-state index >= 15 is 0 Å². The second-order valence-electron chi connectivity index (χ2n) is 9.46. The van der Waals surface area contributed by atoms with Gasteiger partial charge in [-0.05, 0) is 34.6 Å². The van der Waals surface area contributed by atoms with Crippen molar-refractivity contribution in [2.45, 2.75) is 52.2 Å². The fraction of sp³-hybridized carbons (Fsp3) is 0.636. The molecule has 3 rings (SSSR count). The maximum atomic E-state index is 13.7. The molecule has 9 nitrogen and oxygen atoms in total. The smallest absolute Gasteiger partial charge is 0.264 e. The lowest BCUT2D eigenvalue weighted by atomic mass is 10.1. The molecule has 2 aliphatic heterocycles. The first-order valence-electron chi connectivity index (χ1n) is 10.9. The first-order chi connectivity index (χ1) is 15.4. The van der Waals surface area contributed by atoms with Gasteiger partial charge in [0.05, 0.1) is 30.3 Å². The first kappa shape index (κ1) is 25.0. The highest BCUT2D eigenvalue weighted by molar-refractivity contribution is 5.81. The lowest BCUT2D eigenvalue weighted by Crippen LogP contribution is -2.50. The molecular formula is C22H33F2N7O2. The van der Waals surface area contributed by atoms with E-state index < -0.39 is 23.2 Å². The van der Waals surface area contributed by atoms with Crippen LogP contribution in [-0.4, -0.2) is 77.8 Å². The Morgan fingerprint density at radius 2 is 1.52 bits per heavy atom. The van der Waals surface area contributed by atoms with Crippen LogP contribution in [0.3, 0.4) is 0 Å². The Bertz CT molecular complexity index is 896. The van der Waals surface area contributed by atoms with E-state index in [1.807, 2.05) is 37.5 Å². The van der Waals surface area contributed by atoms with E-state index in [9.17, 15) is 8.78 Å². The van der Waals surface area contributed by atoms with Crippen LogP contribution in [0.5, 0.6) is 0 Å². The second-order valence-corrected chi connectivity index (χ2v) is 9.46. The summed E-state index contributed by atoms with van der Waals surface area (Å²) in [5.74, 6) is 1.06. The predicted molar refractivity (Wildman–Crippen MR) is 125 cm³/mol. The third-order valence-corrected chi connectivity index (χ3v) is 5.28. The summed E-state index contributed by atoms with van der Waals surface area (Å²) < 4.78 is 38.9. The minimum atomic E-state index is -2.81. The molecule has 0 spiro atoms. The first-order valence-corrected chi connectivity index (χ1v) is 10.9. The summed E-state index contributed by atoms with van der Waals surface area (Å²) in [6.45, 7) is 16.2. The molecule has 0 unspecified atom stereocenters. The van der Waals surface area contributed by atoms with Crippen LogP contribution in [0.4, 0.5) is 20.7 Å². The normalized spacial score (nSPS) is 21.5. The number of aliphatic imine (C=N–C) groups is 1. The van der Waals surface area contributed by atoms with Gasteiger partial charge in [0.1, 0.15) is 0 Å². The monoisotopic (exact) mass is 465 g/mol. The van der Waals surface area contributed by atoms with Crippen LogP contribution in [0.15, 0.2) is 23.3 Å². The van der Waals surface area contributed by atoms with Crippen LogP contribution in [0, 0.1) is 0 Å². The number of amidine groups is 1. The number of anilines is 2. The summed E-state index contributed by atoms with van der Waals surface area (Å²) in [5.41, 5.74) is 4.41. The molecule has 182 valence electrons. The van der Waals surface area contributed by atoms with E-state index in [0.29, 0.717) is 51.3 Å². The standard InChI is InChI=1S/C22H33F2N7O2/c1-14(17(23)24)16(11-26-15(2)25)18-27-19(30-7-9-32-21(3,4)12-30)29-20(28-18)31-8-10-33-22(5,6)13-31/h11,17H,1,7-10,12-13H2,2-6H3,(H2,25,26)/b16-11+. The van der Waals surface area contributed by atoms with Crippen LogP contribution < -0.4 is 15.5 Å². The van der Waals surface area contributed by atoms with Crippen molar-refractivity contribution in [2.75, 3.05) is 49.2 Å². The maximum absolute atomic E-state index is 13.7. The van der Waals surface area contributed by atoms with Gasteiger partial charge in [-0.2, -0.15) is 15.0 Å². The van der Waals surface area contributed by atoms with Gasteiger partial charge >= 0.3 is 0 Å². The van der Waals surface area contributed by atoms with Crippen LogP contribution in [-0.2, 0) is 9.47 Å². The van der Waals surface area contributed by atoms with Gasteiger partial charge in [0.2, 0.25) is 11.9 Å². The third-order valence-electron chi connectivity index (χ3n) is 5.28. The summed E-state index contributed by atoms with van der Waals surface area (Å²) >= 11 is 0. The summed E-state index contributed by atoms with van der Waals surface area (Å²) in [4.78, 5) is 21.8. The highest BCUT2D eigenvalue weighted by atomic mass is 19.3. The van der Waals surface area contributed by atoms with E-state index in [1.165, 1.54) is 6.20 Å². The molecule has 0 saturated carbocycles. The van der Waals surface area contributed by atoms with Crippen molar-refractivity contribution in [3.63, 3.8) is 0 Å². The molecule has 11 heteroatoms. The number of halogens is 2. The molecule has 0 radical (unpaired) electrons. The van der Waals surface area contributed by atoms with Crippen molar-refractivity contribution in [1.29, 1.82) is 0 Å². The number of allylic oxidation sites excluding steroid dienone is 2. The largest absolute Gasteiger partial charge is 0.387 e. The minimum absolute atomic E-state index is 0.0136. The average Bonchev–Trinajstić information content (AvgIpc) is 2.71. The Morgan fingerprint density at radius 3 is 1.91 bits per heavy atom. The molecule has 0 atom stereocenters. The molecule has 0 aliphatic carbocycles.